The van der Waals surface area contributed by atoms with Gasteiger partial charge in [0.15, 0.2) is 8.32 Å². The molecule has 20 heavy (non-hydrogen) atoms. The van der Waals surface area contributed by atoms with Crippen molar-refractivity contribution in [3.8, 4) is 0 Å². The van der Waals surface area contributed by atoms with Gasteiger partial charge in [-0.1, -0.05) is 63.1 Å². The molecule has 0 saturated heterocycles. The van der Waals surface area contributed by atoms with E-state index in [4.69, 9.17) is 4.43 Å². The predicted molar refractivity (Wildman–Crippen MR) is 101 cm³/mol. The molecule has 1 atom stereocenters. The van der Waals surface area contributed by atoms with Crippen molar-refractivity contribution in [1.29, 1.82) is 0 Å². The molecule has 0 heterocycles. The van der Waals surface area contributed by atoms with Gasteiger partial charge < -0.3 is 4.43 Å². The molecule has 3 heteroatoms. The maximum atomic E-state index is 6.90. The van der Waals surface area contributed by atoms with Gasteiger partial charge in [-0.2, -0.15) is 0 Å². The van der Waals surface area contributed by atoms with E-state index in [9.17, 15) is 0 Å². The van der Waals surface area contributed by atoms with E-state index in [2.05, 4.69) is 63.4 Å². The summed E-state index contributed by atoms with van der Waals surface area (Å²) in [4.78, 5) is 0. The fraction of sp³-hybridized carbons (Fsp3) is 1.00. The summed E-state index contributed by atoms with van der Waals surface area (Å²) in [5, 5.41) is 0.326. The Labute approximate surface area is 141 Å². The van der Waals surface area contributed by atoms with Crippen LogP contribution in [0.1, 0.15) is 72.6 Å². The first-order valence-electron chi connectivity index (χ1n) is 8.42. The number of rotatable bonds is 8. The standard InChI is InChI=1S/C17H35IOSi/c1-7-11-17(12-9-13-17)15(10-8-14-18)19-20(5,6)16(2,3)4/h15H,7-14H2,1-6H3/t15-/m0/s1. The second-order valence-corrected chi connectivity index (χ2v) is 14.0. The minimum atomic E-state index is -1.64. The Hall–Kier alpha value is 0.907. The summed E-state index contributed by atoms with van der Waals surface area (Å²) in [7, 11) is -1.64. The lowest BCUT2D eigenvalue weighted by molar-refractivity contribution is -0.0376. The van der Waals surface area contributed by atoms with Crippen LogP contribution in [0.3, 0.4) is 0 Å². The van der Waals surface area contributed by atoms with Gasteiger partial charge in [0.25, 0.3) is 0 Å². The second kappa shape index (κ2) is 7.45. The van der Waals surface area contributed by atoms with Gasteiger partial charge >= 0.3 is 0 Å². The van der Waals surface area contributed by atoms with E-state index < -0.39 is 8.32 Å². The summed E-state index contributed by atoms with van der Waals surface area (Å²) in [5.41, 5.74) is 0.524. The van der Waals surface area contributed by atoms with Gasteiger partial charge in [0.1, 0.15) is 0 Å². The Kier molecular flexibility index (Phi) is 7.06. The summed E-state index contributed by atoms with van der Waals surface area (Å²) in [6.07, 6.45) is 10.0. The third-order valence-corrected chi connectivity index (χ3v) is 10.9. The predicted octanol–water partition coefficient (Wildman–Crippen LogP) is 6.56. The highest BCUT2D eigenvalue weighted by Crippen LogP contribution is 2.52. The van der Waals surface area contributed by atoms with Crippen LogP contribution in [0.5, 0.6) is 0 Å². The summed E-state index contributed by atoms with van der Waals surface area (Å²) in [6.45, 7) is 14.3. The van der Waals surface area contributed by atoms with E-state index in [1.807, 2.05) is 0 Å². The van der Waals surface area contributed by atoms with Gasteiger partial charge in [-0.3, -0.25) is 0 Å². The topological polar surface area (TPSA) is 9.23 Å². The molecule has 1 aliphatic carbocycles. The molecular weight excluding hydrogens is 375 g/mol. The molecule has 0 bridgehead atoms. The van der Waals surface area contributed by atoms with Crippen LogP contribution in [0.4, 0.5) is 0 Å². The average molecular weight is 410 g/mol. The van der Waals surface area contributed by atoms with E-state index in [0.29, 0.717) is 16.6 Å². The lowest BCUT2D eigenvalue weighted by atomic mass is 9.62. The van der Waals surface area contributed by atoms with Gasteiger partial charge in [-0.25, -0.2) is 0 Å². The molecule has 0 N–H and O–H groups in total. The van der Waals surface area contributed by atoms with Gasteiger partial charge in [-0.15, -0.1) is 0 Å². The van der Waals surface area contributed by atoms with Crippen LogP contribution in [-0.4, -0.2) is 18.8 Å². The van der Waals surface area contributed by atoms with E-state index in [1.54, 1.807) is 0 Å². The van der Waals surface area contributed by atoms with Crippen LogP contribution in [0.25, 0.3) is 0 Å². The zero-order valence-electron chi connectivity index (χ0n) is 14.5. The molecule has 120 valence electrons. The maximum Gasteiger partial charge on any atom is 0.192 e. The number of halogens is 1. The van der Waals surface area contributed by atoms with Gasteiger partial charge in [-0.05, 0) is 60.1 Å². The van der Waals surface area contributed by atoms with Crippen LogP contribution >= 0.6 is 22.6 Å². The highest BCUT2D eigenvalue weighted by Gasteiger charge is 2.48. The Morgan fingerprint density at radius 3 is 2.20 bits per heavy atom. The zero-order valence-corrected chi connectivity index (χ0v) is 17.7. The molecule has 0 aromatic carbocycles. The van der Waals surface area contributed by atoms with Crippen LogP contribution < -0.4 is 0 Å². The smallest absolute Gasteiger partial charge is 0.192 e. The highest BCUT2D eigenvalue weighted by molar-refractivity contribution is 14.1. The first-order chi connectivity index (χ1) is 9.18. The Bertz CT molecular complexity index is 292. The summed E-state index contributed by atoms with van der Waals surface area (Å²) >= 11 is 2.51. The lowest BCUT2D eigenvalue weighted by Crippen LogP contribution is -2.51. The minimum absolute atomic E-state index is 0.326. The lowest BCUT2D eigenvalue weighted by Gasteiger charge is -2.52. The molecule has 0 unspecified atom stereocenters. The second-order valence-electron chi connectivity index (χ2n) is 8.16. The Balaban J connectivity index is 2.84. The van der Waals surface area contributed by atoms with Crippen LogP contribution in [0, 0.1) is 5.41 Å². The molecule has 1 saturated carbocycles. The minimum Gasteiger partial charge on any atom is -0.413 e. The van der Waals surface area contributed by atoms with E-state index >= 15 is 0 Å². The van der Waals surface area contributed by atoms with E-state index in [1.165, 1.54) is 49.4 Å². The molecule has 1 aliphatic rings. The molecule has 1 rings (SSSR count). The molecule has 1 nitrogen and oxygen atoms in total. The largest absolute Gasteiger partial charge is 0.413 e. The maximum absolute atomic E-state index is 6.90. The van der Waals surface area contributed by atoms with Crippen molar-refractivity contribution in [1.82, 2.24) is 0 Å². The van der Waals surface area contributed by atoms with Crippen molar-refractivity contribution >= 4 is 30.9 Å². The van der Waals surface area contributed by atoms with Crippen LogP contribution in [0.2, 0.25) is 18.1 Å². The fourth-order valence-electron chi connectivity index (χ4n) is 3.15. The van der Waals surface area contributed by atoms with Crippen molar-refractivity contribution in [2.24, 2.45) is 5.41 Å². The quantitative estimate of drug-likeness (QED) is 0.250. The molecule has 0 radical (unpaired) electrons. The van der Waals surface area contributed by atoms with Crippen molar-refractivity contribution in [3.63, 3.8) is 0 Å². The normalized spacial score (nSPS) is 20.6. The summed E-state index contributed by atoms with van der Waals surface area (Å²) in [6, 6.07) is 0. The van der Waals surface area contributed by atoms with Crippen LogP contribution in [0.15, 0.2) is 0 Å². The molecule has 0 aromatic rings. The summed E-state index contributed by atoms with van der Waals surface area (Å²) in [5.74, 6) is 0. The van der Waals surface area contributed by atoms with Gasteiger partial charge in [0, 0.05) is 0 Å². The van der Waals surface area contributed by atoms with Crippen molar-refractivity contribution < 1.29 is 4.43 Å². The summed E-state index contributed by atoms with van der Waals surface area (Å²) < 4.78 is 8.16. The monoisotopic (exact) mass is 410 g/mol. The number of hydrogen-bond donors (Lipinski definition) is 0. The molecular formula is C17H35IOSi. The Morgan fingerprint density at radius 1 is 1.25 bits per heavy atom. The molecule has 0 spiro atoms. The highest BCUT2D eigenvalue weighted by atomic mass is 127. The van der Waals surface area contributed by atoms with Gasteiger partial charge in [0.05, 0.1) is 6.10 Å². The SMILES string of the molecule is CCCC1([C@H](CCCI)O[Si](C)(C)C(C)(C)C)CCC1. The van der Waals surface area contributed by atoms with Crippen molar-refractivity contribution in [2.75, 3.05) is 4.43 Å². The first-order valence-corrected chi connectivity index (χ1v) is 12.9. The number of hydrogen-bond acceptors (Lipinski definition) is 1. The van der Waals surface area contributed by atoms with Gasteiger partial charge in [0.2, 0.25) is 0 Å². The zero-order chi connectivity index (χ0) is 15.4. The molecule has 0 amide bonds. The average Bonchev–Trinajstić information content (AvgIpc) is 2.27. The third-order valence-electron chi connectivity index (χ3n) is 5.62. The molecule has 0 aliphatic heterocycles. The first kappa shape index (κ1) is 19.0. The van der Waals surface area contributed by atoms with E-state index in [0.717, 1.165) is 0 Å². The van der Waals surface area contributed by atoms with Crippen molar-refractivity contribution in [3.05, 3.63) is 0 Å². The Morgan fingerprint density at radius 2 is 1.85 bits per heavy atom. The van der Waals surface area contributed by atoms with Crippen LogP contribution in [-0.2, 0) is 4.43 Å². The fourth-order valence-corrected chi connectivity index (χ4v) is 5.02. The number of alkyl halides is 1. The molecule has 0 aromatic heterocycles. The molecule has 1 fully saturated rings. The van der Waals surface area contributed by atoms with Crippen molar-refractivity contribution in [2.45, 2.75) is 96.9 Å². The van der Waals surface area contributed by atoms with E-state index in [-0.39, 0.29) is 0 Å². The third kappa shape index (κ3) is 4.45.